The molecule has 0 heterocycles. The molecule has 6 nitrogen and oxygen atoms in total. The topological polar surface area (TPSA) is 89.9 Å². The van der Waals surface area contributed by atoms with Crippen molar-refractivity contribution in [3.8, 4) is 5.75 Å². The Morgan fingerprint density at radius 2 is 1.95 bits per heavy atom. The number of benzene rings is 1. The number of aromatic hydroxyl groups is 1. The number of urea groups is 1. The summed E-state index contributed by atoms with van der Waals surface area (Å²) in [6, 6.07) is 5.47. The van der Waals surface area contributed by atoms with Crippen LogP contribution < -0.4 is 10.2 Å². The van der Waals surface area contributed by atoms with Gasteiger partial charge in [-0.3, -0.25) is 9.69 Å². The van der Waals surface area contributed by atoms with Crippen molar-refractivity contribution in [2.45, 2.75) is 25.8 Å². The third-order valence-corrected chi connectivity index (χ3v) is 3.38. The normalized spacial score (nSPS) is 15.4. The molecule has 1 aliphatic carbocycles. The fraction of sp³-hybridized carbons (Fsp3) is 0.429. The minimum Gasteiger partial charge on any atom is -0.508 e. The van der Waals surface area contributed by atoms with Crippen molar-refractivity contribution in [2.75, 3.05) is 11.4 Å². The molecule has 0 saturated heterocycles. The number of carboxylic acid groups (broad SMARTS) is 1. The third-order valence-electron chi connectivity index (χ3n) is 3.38. The van der Waals surface area contributed by atoms with Gasteiger partial charge in [0.1, 0.15) is 12.3 Å². The van der Waals surface area contributed by atoms with E-state index in [0.29, 0.717) is 11.6 Å². The first-order valence-corrected chi connectivity index (χ1v) is 6.56. The van der Waals surface area contributed by atoms with Gasteiger partial charge < -0.3 is 15.5 Å². The minimum atomic E-state index is -1.09. The molecule has 0 aliphatic heterocycles. The average Bonchev–Trinajstić information content (AvgIpc) is 3.21. The summed E-state index contributed by atoms with van der Waals surface area (Å²) in [5, 5.41) is 21.0. The van der Waals surface area contributed by atoms with Gasteiger partial charge in [0.15, 0.2) is 0 Å². The lowest BCUT2D eigenvalue weighted by atomic mass is 10.2. The first kappa shape index (κ1) is 14.2. The molecule has 0 aromatic heterocycles. The van der Waals surface area contributed by atoms with Crippen LogP contribution in [-0.2, 0) is 4.79 Å². The molecular weight excluding hydrogens is 260 g/mol. The zero-order valence-electron chi connectivity index (χ0n) is 11.2. The molecule has 2 rings (SSSR count). The van der Waals surface area contributed by atoms with Crippen LogP contribution in [-0.4, -0.2) is 34.8 Å². The van der Waals surface area contributed by atoms with Crippen molar-refractivity contribution < 1.29 is 19.8 Å². The van der Waals surface area contributed by atoms with Crippen LogP contribution in [0.2, 0.25) is 0 Å². The Balaban J connectivity index is 2.11. The highest BCUT2D eigenvalue weighted by Gasteiger charge is 2.30. The number of nitrogens with one attached hydrogen (secondary N) is 1. The summed E-state index contributed by atoms with van der Waals surface area (Å²) >= 11 is 0. The lowest BCUT2D eigenvalue weighted by molar-refractivity contribution is -0.135. The van der Waals surface area contributed by atoms with Gasteiger partial charge in [-0.05, 0) is 49.9 Å². The number of hydrogen-bond donors (Lipinski definition) is 3. The monoisotopic (exact) mass is 278 g/mol. The van der Waals surface area contributed by atoms with Crippen molar-refractivity contribution in [2.24, 2.45) is 5.92 Å². The first-order valence-electron chi connectivity index (χ1n) is 6.56. The maximum atomic E-state index is 12.2. The van der Waals surface area contributed by atoms with Crippen LogP contribution in [0.4, 0.5) is 10.5 Å². The summed E-state index contributed by atoms with van der Waals surface area (Å²) in [5.41, 5.74) is 0.436. The predicted octanol–water partition coefficient (Wildman–Crippen LogP) is 1.79. The van der Waals surface area contributed by atoms with Crippen LogP contribution in [0.15, 0.2) is 24.3 Å². The maximum absolute atomic E-state index is 12.2. The van der Waals surface area contributed by atoms with Crippen LogP contribution in [0.5, 0.6) is 5.75 Å². The van der Waals surface area contributed by atoms with E-state index in [-0.39, 0.29) is 11.8 Å². The van der Waals surface area contributed by atoms with E-state index in [1.165, 1.54) is 24.3 Å². The standard InChI is InChI=1S/C14H18N2O4/c1-9(10-2-3-10)15-14(20)16(8-13(18)19)11-4-6-12(17)7-5-11/h4-7,9-10,17H,2-3,8H2,1H3,(H,15,20)(H,18,19). The molecule has 0 radical (unpaired) electrons. The SMILES string of the molecule is CC(NC(=O)N(CC(=O)O)c1ccc(O)cc1)C1CC1. The largest absolute Gasteiger partial charge is 0.508 e. The summed E-state index contributed by atoms with van der Waals surface area (Å²) in [6.07, 6.45) is 2.19. The Morgan fingerprint density at radius 1 is 1.35 bits per heavy atom. The lowest BCUT2D eigenvalue weighted by Crippen LogP contribution is -2.46. The van der Waals surface area contributed by atoms with Crippen molar-refractivity contribution in [1.29, 1.82) is 0 Å². The lowest BCUT2D eigenvalue weighted by Gasteiger charge is -2.24. The summed E-state index contributed by atoms with van der Waals surface area (Å²) in [7, 11) is 0. The Bertz CT molecular complexity index is 496. The molecule has 2 amide bonds. The number of carboxylic acids is 1. The van der Waals surface area contributed by atoms with E-state index >= 15 is 0 Å². The Hall–Kier alpha value is -2.24. The molecule has 0 bridgehead atoms. The highest BCUT2D eigenvalue weighted by atomic mass is 16.4. The van der Waals surface area contributed by atoms with Crippen molar-refractivity contribution >= 4 is 17.7 Å². The van der Waals surface area contributed by atoms with Gasteiger partial charge in [-0.25, -0.2) is 4.79 Å². The number of anilines is 1. The molecule has 1 fully saturated rings. The van der Waals surface area contributed by atoms with Gasteiger partial charge in [-0.2, -0.15) is 0 Å². The van der Waals surface area contributed by atoms with Crippen molar-refractivity contribution in [3.05, 3.63) is 24.3 Å². The van der Waals surface area contributed by atoms with Crippen LogP contribution in [0.3, 0.4) is 0 Å². The second-order valence-corrected chi connectivity index (χ2v) is 5.07. The van der Waals surface area contributed by atoms with Crippen LogP contribution in [0.25, 0.3) is 0 Å². The van der Waals surface area contributed by atoms with Gasteiger partial charge in [-0.1, -0.05) is 0 Å². The van der Waals surface area contributed by atoms with Crippen LogP contribution in [0.1, 0.15) is 19.8 Å². The van der Waals surface area contributed by atoms with E-state index < -0.39 is 18.5 Å². The second kappa shape index (κ2) is 5.81. The van der Waals surface area contributed by atoms with Gasteiger partial charge in [-0.15, -0.1) is 0 Å². The number of phenolic OH excluding ortho intramolecular Hbond substituents is 1. The summed E-state index contributed by atoms with van der Waals surface area (Å²) in [6.45, 7) is 1.50. The van der Waals surface area contributed by atoms with Crippen LogP contribution >= 0.6 is 0 Å². The molecular formula is C14H18N2O4. The molecule has 1 aromatic rings. The highest BCUT2D eigenvalue weighted by Crippen LogP contribution is 2.32. The maximum Gasteiger partial charge on any atom is 0.323 e. The number of hydrogen-bond acceptors (Lipinski definition) is 3. The second-order valence-electron chi connectivity index (χ2n) is 5.07. The van der Waals surface area contributed by atoms with Gasteiger partial charge in [0, 0.05) is 11.7 Å². The number of carbonyl (C=O) groups excluding carboxylic acids is 1. The number of phenols is 1. The van der Waals surface area contributed by atoms with E-state index in [9.17, 15) is 14.7 Å². The number of nitrogens with zero attached hydrogens (tertiary/aromatic N) is 1. The Morgan fingerprint density at radius 3 is 2.45 bits per heavy atom. The molecule has 6 heteroatoms. The summed E-state index contributed by atoms with van der Waals surface area (Å²) in [4.78, 5) is 24.3. The summed E-state index contributed by atoms with van der Waals surface area (Å²) in [5.74, 6) is -0.534. The average molecular weight is 278 g/mol. The minimum absolute atomic E-state index is 0.0379. The van der Waals surface area contributed by atoms with E-state index in [1.807, 2.05) is 6.92 Å². The quantitative estimate of drug-likeness (QED) is 0.766. The fourth-order valence-electron chi connectivity index (χ4n) is 2.03. The number of aliphatic carboxylic acids is 1. The number of amides is 2. The van der Waals surface area contributed by atoms with E-state index in [1.54, 1.807) is 0 Å². The summed E-state index contributed by atoms with van der Waals surface area (Å²) < 4.78 is 0. The van der Waals surface area contributed by atoms with Crippen LogP contribution in [0, 0.1) is 5.92 Å². The number of carbonyl (C=O) groups is 2. The highest BCUT2D eigenvalue weighted by molar-refractivity contribution is 5.96. The molecule has 0 spiro atoms. The molecule has 1 unspecified atom stereocenters. The molecule has 1 aromatic carbocycles. The zero-order chi connectivity index (χ0) is 14.7. The molecule has 3 N–H and O–H groups in total. The Labute approximate surface area is 117 Å². The molecule has 108 valence electrons. The van der Waals surface area contributed by atoms with E-state index in [2.05, 4.69) is 5.32 Å². The first-order chi connectivity index (χ1) is 9.47. The van der Waals surface area contributed by atoms with E-state index in [4.69, 9.17) is 5.11 Å². The van der Waals surface area contributed by atoms with Gasteiger partial charge in [0.25, 0.3) is 0 Å². The predicted molar refractivity (Wildman–Crippen MR) is 73.8 cm³/mol. The smallest absolute Gasteiger partial charge is 0.323 e. The molecule has 1 saturated carbocycles. The van der Waals surface area contributed by atoms with E-state index in [0.717, 1.165) is 17.7 Å². The third kappa shape index (κ3) is 3.63. The van der Waals surface area contributed by atoms with Gasteiger partial charge in [0.05, 0.1) is 0 Å². The van der Waals surface area contributed by atoms with Gasteiger partial charge >= 0.3 is 12.0 Å². The molecule has 20 heavy (non-hydrogen) atoms. The Kier molecular flexibility index (Phi) is 4.12. The zero-order valence-corrected chi connectivity index (χ0v) is 11.2. The van der Waals surface area contributed by atoms with Crippen molar-refractivity contribution in [1.82, 2.24) is 5.32 Å². The fourth-order valence-corrected chi connectivity index (χ4v) is 2.03. The number of rotatable bonds is 5. The molecule has 1 atom stereocenters. The van der Waals surface area contributed by atoms with Gasteiger partial charge in [0.2, 0.25) is 0 Å². The molecule has 1 aliphatic rings. The van der Waals surface area contributed by atoms with Crippen molar-refractivity contribution in [3.63, 3.8) is 0 Å².